The predicted molar refractivity (Wildman–Crippen MR) is 153 cm³/mol. The largest absolute Gasteiger partial charge is 0.508 e. The average molecular weight is 627 g/mol. The van der Waals surface area contributed by atoms with Crippen molar-refractivity contribution in [1.82, 2.24) is 0 Å². The van der Waals surface area contributed by atoms with E-state index in [9.17, 15) is 45.6 Å². The first-order valence-corrected chi connectivity index (χ1v) is 13.5. The highest BCUT2D eigenvalue weighted by molar-refractivity contribution is 5.87. The molecule has 0 saturated carbocycles. The number of benzene rings is 2. The van der Waals surface area contributed by atoms with Crippen LogP contribution in [0.2, 0.25) is 0 Å². The zero-order valence-corrected chi connectivity index (χ0v) is 23.5. The Labute approximate surface area is 255 Å². The van der Waals surface area contributed by atoms with Crippen molar-refractivity contribution in [2.45, 2.75) is 36.8 Å². The maximum atomic E-state index is 12.3. The van der Waals surface area contributed by atoms with Gasteiger partial charge in [-0.15, -0.1) is 0 Å². The highest BCUT2D eigenvalue weighted by Crippen LogP contribution is 2.43. The fourth-order valence-electron chi connectivity index (χ4n) is 4.72. The van der Waals surface area contributed by atoms with E-state index in [0.29, 0.717) is 5.56 Å². The molecule has 1 saturated heterocycles. The summed E-state index contributed by atoms with van der Waals surface area (Å²) in [5.74, 6) is -2.97. The van der Waals surface area contributed by atoms with E-state index < -0.39 is 60.9 Å². The Morgan fingerprint density at radius 2 is 1.69 bits per heavy atom. The lowest BCUT2D eigenvalue weighted by molar-refractivity contribution is -0.291. The molecule has 0 radical (unpaired) electrons. The Kier molecular flexibility index (Phi) is 8.92. The summed E-state index contributed by atoms with van der Waals surface area (Å²) in [7, 11) is 1.25. The monoisotopic (exact) mass is 626 g/mol. The molecule has 0 bridgehead atoms. The van der Waals surface area contributed by atoms with Crippen LogP contribution in [0.3, 0.4) is 0 Å². The van der Waals surface area contributed by atoms with Gasteiger partial charge in [-0.2, -0.15) is 0 Å². The molecule has 0 aromatic heterocycles. The van der Waals surface area contributed by atoms with Crippen molar-refractivity contribution in [3.8, 4) is 23.0 Å². The van der Waals surface area contributed by atoms with E-state index in [4.69, 9.17) is 23.7 Å². The van der Waals surface area contributed by atoms with Crippen LogP contribution in [0, 0.1) is 0 Å². The number of esters is 1. The molecule has 0 spiro atoms. The fourth-order valence-corrected chi connectivity index (χ4v) is 4.72. The van der Waals surface area contributed by atoms with Gasteiger partial charge in [0.2, 0.25) is 12.0 Å². The van der Waals surface area contributed by atoms with Crippen molar-refractivity contribution in [2.24, 2.45) is 0 Å². The topological polar surface area (TPSA) is 225 Å². The number of aliphatic hydroxyl groups is 5. The van der Waals surface area contributed by atoms with Gasteiger partial charge in [0, 0.05) is 29.4 Å². The Hall–Kier alpha value is -5.15. The van der Waals surface area contributed by atoms with E-state index >= 15 is 0 Å². The van der Waals surface area contributed by atoms with Gasteiger partial charge in [-0.05, 0) is 42.0 Å². The van der Waals surface area contributed by atoms with Gasteiger partial charge in [0.15, 0.2) is 23.0 Å². The zero-order chi connectivity index (χ0) is 32.4. The first-order chi connectivity index (χ1) is 21.4. The van der Waals surface area contributed by atoms with E-state index in [2.05, 4.69) is 0 Å². The Morgan fingerprint density at radius 3 is 2.40 bits per heavy atom. The van der Waals surface area contributed by atoms with E-state index in [1.54, 1.807) is 12.1 Å². The van der Waals surface area contributed by atoms with E-state index in [-0.39, 0.29) is 45.7 Å². The molecule has 2 aliphatic heterocycles. The molecule has 6 unspecified atom stereocenters. The van der Waals surface area contributed by atoms with Gasteiger partial charge < -0.3 is 64.5 Å². The van der Waals surface area contributed by atoms with E-state index in [1.807, 2.05) is 0 Å². The molecule has 2 heterocycles. The van der Waals surface area contributed by atoms with Crippen LogP contribution in [0.15, 0.2) is 83.6 Å². The Bertz CT molecular complexity index is 1600. The van der Waals surface area contributed by atoms with Crippen molar-refractivity contribution in [2.75, 3.05) is 13.7 Å². The minimum atomic E-state index is -1.83. The van der Waals surface area contributed by atoms with Crippen LogP contribution in [0.5, 0.6) is 23.0 Å². The molecule has 45 heavy (non-hydrogen) atoms. The minimum Gasteiger partial charge on any atom is -0.508 e. The number of carbonyl (C=O) groups excluding carboxylic acids is 1. The number of hydrogen-bond donors (Lipinski definition) is 8. The number of allylic oxidation sites excluding steroid dienone is 2. The van der Waals surface area contributed by atoms with Crippen LogP contribution in [0.25, 0.3) is 11.8 Å². The number of methoxy groups -OCH3 is 1. The molecule has 1 aliphatic carbocycles. The van der Waals surface area contributed by atoms with Gasteiger partial charge >= 0.3 is 5.97 Å². The summed E-state index contributed by atoms with van der Waals surface area (Å²) in [5, 5.41) is 82.0. The highest BCUT2D eigenvalue weighted by Gasteiger charge is 2.46. The molecule has 8 N–H and O–H groups in total. The second kappa shape index (κ2) is 12.8. The third-order valence-electron chi connectivity index (χ3n) is 7.11. The van der Waals surface area contributed by atoms with Gasteiger partial charge in [-0.3, -0.25) is 0 Å². The van der Waals surface area contributed by atoms with Gasteiger partial charge in [0.1, 0.15) is 54.4 Å². The summed E-state index contributed by atoms with van der Waals surface area (Å²) in [6.45, 7) is -0.550. The van der Waals surface area contributed by atoms with Crippen molar-refractivity contribution < 1.29 is 69.3 Å². The number of phenolic OH excluding ortho intramolecular Hbond substituents is 3. The van der Waals surface area contributed by atoms with Gasteiger partial charge in [0.25, 0.3) is 0 Å². The maximum Gasteiger partial charge on any atom is 0.330 e. The summed E-state index contributed by atoms with van der Waals surface area (Å²) >= 11 is 0. The summed E-state index contributed by atoms with van der Waals surface area (Å²) < 4.78 is 27.8. The number of phenols is 3. The molecular weight excluding hydrogens is 596 g/mol. The molecule has 6 atom stereocenters. The van der Waals surface area contributed by atoms with Crippen molar-refractivity contribution in [1.29, 1.82) is 0 Å². The lowest BCUT2D eigenvalue weighted by atomic mass is 9.96. The number of fused-ring (bicyclic) bond motifs is 1. The lowest BCUT2D eigenvalue weighted by Crippen LogP contribution is -2.59. The SMILES string of the molecule is COc1cc(C2=C(OC3OC(COC(=O)C=Cc4ccc(O)cc4)C(O)C(O)C3O)C=C3C(O)=CC(O)=CC3O2)cc(O)c1O. The quantitative estimate of drug-likeness (QED) is 0.119. The number of ether oxygens (including phenoxy) is 5. The molecule has 2 aromatic carbocycles. The first-order valence-electron chi connectivity index (χ1n) is 13.5. The van der Waals surface area contributed by atoms with Crippen LogP contribution in [-0.2, 0) is 23.7 Å². The Balaban J connectivity index is 1.40. The first kappa shape index (κ1) is 31.3. The van der Waals surface area contributed by atoms with Crippen molar-refractivity contribution in [3.63, 3.8) is 0 Å². The van der Waals surface area contributed by atoms with Crippen LogP contribution in [0.4, 0.5) is 0 Å². The fraction of sp³-hybridized carbons (Fsp3) is 0.258. The van der Waals surface area contributed by atoms with Crippen LogP contribution in [-0.4, -0.2) is 97.3 Å². The molecule has 238 valence electrons. The zero-order valence-electron chi connectivity index (χ0n) is 23.5. The van der Waals surface area contributed by atoms with Crippen LogP contribution >= 0.6 is 0 Å². The predicted octanol–water partition coefficient (Wildman–Crippen LogP) is 1.78. The number of aliphatic hydroxyl groups excluding tert-OH is 5. The third kappa shape index (κ3) is 6.68. The Morgan fingerprint density at radius 1 is 0.956 bits per heavy atom. The molecule has 1 fully saturated rings. The smallest absolute Gasteiger partial charge is 0.330 e. The van der Waals surface area contributed by atoms with Gasteiger partial charge in [-0.1, -0.05) is 12.1 Å². The number of carbonyl (C=O) groups is 1. The standard InChI is InChI=1S/C31H30O14/c1-41-22-9-15(8-20(35)26(22)37)30-23(12-18-19(34)10-17(33)11-21(18)43-30)44-31-29(40)28(39)27(38)24(45-31)13-42-25(36)7-4-14-2-5-16(32)6-3-14/h2-12,21,24,27-29,31-35,37-40H,13H2,1H3. The summed E-state index contributed by atoms with van der Waals surface area (Å²) in [6.07, 6.45) is -3.20. The molecule has 14 heteroatoms. The average Bonchev–Trinajstić information content (AvgIpc) is 3.01. The maximum absolute atomic E-state index is 12.3. The summed E-state index contributed by atoms with van der Waals surface area (Å²) in [4.78, 5) is 12.3. The van der Waals surface area contributed by atoms with Gasteiger partial charge in [-0.25, -0.2) is 4.79 Å². The molecule has 5 rings (SSSR count). The number of aromatic hydroxyl groups is 3. The second-order valence-corrected chi connectivity index (χ2v) is 10.2. The highest BCUT2D eigenvalue weighted by atomic mass is 16.7. The van der Waals surface area contributed by atoms with Crippen molar-refractivity contribution >= 4 is 17.8 Å². The normalized spacial score (nSPS) is 26.3. The van der Waals surface area contributed by atoms with Crippen LogP contribution < -0.4 is 4.74 Å². The molecule has 14 nitrogen and oxygen atoms in total. The van der Waals surface area contributed by atoms with E-state index in [1.165, 1.54) is 43.5 Å². The minimum absolute atomic E-state index is 0.0541. The third-order valence-corrected chi connectivity index (χ3v) is 7.11. The summed E-state index contributed by atoms with van der Waals surface area (Å²) in [5.41, 5.74) is 0.842. The van der Waals surface area contributed by atoms with E-state index in [0.717, 1.165) is 18.2 Å². The molecule has 0 amide bonds. The number of rotatable bonds is 8. The van der Waals surface area contributed by atoms with Crippen molar-refractivity contribution in [3.05, 3.63) is 94.7 Å². The summed E-state index contributed by atoms with van der Waals surface area (Å²) in [6, 6.07) is 8.44. The lowest BCUT2D eigenvalue weighted by Gasteiger charge is -2.40. The molecule has 2 aromatic rings. The van der Waals surface area contributed by atoms with Gasteiger partial charge in [0.05, 0.1) is 7.11 Å². The second-order valence-electron chi connectivity index (χ2n) is 10.2. The number of hydrogen-bond acceptors (Lipinski definition) is 14. The molecular formula is C31H30O14. The molecule has 3 aliphatic rings. The van der Waals surface area contributed by atoms with Crippen LogP contribution in [0.1, 0.15) is 11.1 Å².